The van der Waals surface area contributed by atoms with E-state index in [0.717, 1.165) is 0 Å². The summed E-state index contributed by atoms with van der Waals surface area (Å²) in [6, 6.07) is 3.22. The number of aromatic nitrogens is 4. The van der Waals surface area contributed by atoms with Crippen LogP contribution in [0.5, 0.6) is 0 Å². The Bertz CT molecular complexity index is 660. The van der Waals surface area contributed by atoms with Gasteiger partial charge in [0.05, 0.1) is 21.8 Å². The minimum atomic E-state index is -0.974. The number of rotatable bonds is 4. The van der Waals surface area contributed by atoms with Crippen molar-refractivity contribution in [2.24, 2.45) is 0 Å². The summed E-state index contributed by atoms with van der Waals surface area (Å²) in [6.07, 6.45) is 1.64. The first-order chi connectivity index (χ1) is 9.40. The van der Waals surface area contributed by atoms with Gasteiger partial charge in [-0.05, 0) is 29.5 Å². The van der Waals surface area contributed by atoms with Crippen molar-refractivity contribution in [1.82, 2.24) is 20.2 Å². The first-order valence-corrected chi connectivity index (χ1v) is 8.11. The number of hydrogen-bond donors (Lipinski definition) is 1. The lowest BCUT2D eigenvalue weighted by atomic mass is 10.2. The van der Waals surface area contributed by atoms with Gasteiger partial charge in [-0.3, -0.25) is 4.21 Å². The van der Waals surface area contributed by atoms with E-state index < -0.39 is 10.8 Å². The maximum atomic E-state index is 11.5. The highest BCUT2D eigenvalue weighted by Gasteiger charge is 2.18. The van der Waals surface area contributed by atoms with Crippen LogP contribution in [-0.2, 0) is 17.3 Å². The van der Waals surface area contributed by atoms with Crippen molar-refractivity contribution in [2.75, 3.05) is 12.0 Å². The normalized spacial score (nSPS) is 14.2. The molecular formula is C11H13Cl2N5OS. The van der Waals surface area contributed by atoms with Gasteiger partial charge in [-0.2, -0.15) is 0 Å². The smallest absolute Gasteiger partial charge is 0.183 e. The Labute approximate surface area is 128 Å². The average molecular weight is 334 g/mol. The predicted octanol–water partition coefficient (Wildman–Crippen LogP) is 2.00. The van der Waals surface area contributed by atoms with E-state index in [4.69, 9.17) is 28.9 Å². The second kappa shape index (κ2) is 6.07. The fraction of sp³-hybridized carbons (Fsp3) is 0.364. The molecule has 2 unspecified atom stereocenters. The summed E-state index contributed by atoms with van der Waals surface area (Å²) < 4.78 is 13.0. The SMILES string of the molecule is CC(Cn1nnnc1-c1cc(N)cc(Cl)c1Cl)S(C)=O. The van der Waals surface area contributed by atoms with E-state index in [1.165, 1.54) is 0 Å². The van der Waals surface area contributed by atoms with Gasteiger partial charge in [-0.25, -0.2) is 4.68 Å². The number of nitrogens with two attached hydrogens (primary N) is 1. The van der Waals surface area contributed by atoms with Gasteiger partial charge in [-0.1, -0.05) is 23.2 Å². The molecule has 2 rings (SSSR count). The molecule has 1 heterocycles. The highest BCUT2D eigenvalue weighted by atomic mass is 35.5. The number of hydrogen-bond acceptors (Lipinski definition) is 5. The summed E-state index contributed by atoms with van der Waals surface area (Å²) in [4.78, 5) is 0. The number of nitrogens with zero attached hydrogens (tertiary/aromatic N) is 4. The largest absolute Gasteiger partial charge is 0.399 e. The molecule has 20 heavy (non-hydrogen) atoms. The fourth-order valence-corrected chi connectivity index (χ4v) is 2.41. The second-order valence-electron chi connectivity index (χ2n) is 4.36. The Balaban J connectivity index is 2.45. The number of tetrazole rings is 1. The van der Waals surface area contributed by atoms with Crippen LogP contribution in [0.3, 0.4) is 0 Å². The maximum absolute atomic E-state index is 11.5. The molecule has 0 spiro atoms. The summed E-state index contributed by atoms with van der Waals surface area (Å²) in [5.74, 6) is 0.446. The van der Waals surface area contributed by atoms with Crippen molar-refractivity contribution in [3.63, 3.8) is 0 Å². The van der Waals surface area contributed by atoms with Gasteiger partial charge < -0.3 is 5.73 Å². The molecule has 2 N–H and O–H groups in total. The number of anilines is 1. The van der Waals surface area contributed by atoms with Gasteiger partial charge in [0.1, 0.15) is 0 Å². The van der Waals surface area contributed by atoms with Crippen LogP contribution >= 0.6 is 23.2 Å². The Morgan fingerprint density at radius 3 is 2.80 bits per heavy atom. The molecule has 0 aliphatic heterocycles. The van der Waals surface area contributed by atoms with Crippen molar-refractivity contribution >= 4 is 39.7 Å². The number of nitrogen functional groups attached to an aromatic ring is 1. The van der Waals surface area contributed by atoms with Crippen molar-refractivity contribution in [2.45, 2.75) is 18.7 Å². The quantitative estimate of drug-likeness (QED) is 0.864. The van der Waals surface area contributed by atoms with Crippen LogP contribution < -0.4 is 5.73 Å². The van der Waals surface area contributed by atoms with Crippen LogP contribution in [0.2, 0.25) is 10.0 Å². The van der Waals surface area contributed by atoms with E-state index in [2.05, 4.69) is 15.5 Å². The molecule has 2 aromatic rings. The van der Waals surface area contributed by atoms with Gasteiger partial charge in [0.15, 0.2) is 5.82 Å². The summed E-state index contributed by atoms with van der Waals surface area (Å²) in [5, 5.41) is 12.1. The molecule has 1 aromatic heterocycles. The zero-order chi connectivity index (χ0) is 14.9. The number of halogens is 2. The van der Waals surface area contributed by atoms with Gasteiger partial charge >= 0.3 is 0 Å². The molecule has 1 aromatic carbocycles. The monoisotopic (exact) mass is 333 g/mol. The Morgan fingerprint density at radius 1 is 1.45 bits per heavy atom. The minimum Gasteiger partial charge on any atom is -0.399 e. The molecule has 108 valence electrons. The lowest BCUT2D eigenvalue weighted by Crippen LogP contribution is -2.19. The van der Waals surface area contributed by atoms with Crippen LogP contribution in [0.25, 0.3) is 11.4 Å². The van der Waals surface area contributed by atoms with E-state index in [1.807, 2.05) is 6.92 Å². The molecular weight excluding hydrogens is 321 g/mol. The third-order valence-electron chi connectivity index (χ3n) is 2.82. The Kier molecular flexibility index (Phi) is 4.62. The van der Waals surface area contributed by atoms with Crippen molar-refractivity contribution in [3.05, 3.63) is 22.2 Å². The van der Waals surface area contributed by atoms with E-state index in [1.54, 1.807) is 23.1 Å². The van der Waals surface area contributed by atoms with Crippen LogP contribution in [0.1, 0.15) is 6.92 Å². The van der Waals surface area contributed by atoms with Crippen LogP contribution in [-0.4, -0.2) is 35.9 Å². The zero-order valence-corrected chi connectivity index (χ0v) is 13.2. The van der Waals surface area contributed by atoms with Crippen LogP contribution in [0, 0.1) is 0 Å². The molecule has 9 heteroatoms. The highest BCUT2D eigenvalue weighted by Crippen LogP contribution is 2.34. The number of benzene rings is 1. The molecule has 0 amide bonds. The van der Waals surface area contributed by atoms with E-state index >= 15 is 0 Å². The van der Waals surface area contributed by atoms with Gasteiger partial charge in [0.2, 0.25) is 0 Å². The maximum Gasteiger partial charge on any atom is 0.183 e. The first-order valence-electron chi connectivity index (χ1n) is 5.73. The minimum absolute atomic E-state index is 0.0902. The van der Waals surface area contributed by atoms with Gasteiger partial charge in [0.25, 0.3) is 0 Å². The molecule has 0 aliphatic carbocycles. The molecule has 0 saturated heterocycles. The van der Waals surface area contributed by atoms with Crippen molar-refractivity contribution < 1.29 is 4.21 Å². The topological polar surface area (TPSA) is 86.7 Å². The lowest BCUT2D eigenvalue weighted by molar-refractivity contribution is 0.579. The Morgan fingerprint density at radius 2 is 2.15 bits per heavy atom. The second-order valence-corrected chi connectivity index (χ2v) is 6.95. The van der Waals surface area contributed by atoms with E-state index in [0.29, 0.717) is 33.7 Å². The molecule has 0 aliphatic rings. The lowest BCUT2D eigenvalue weighted by Gasteiger charge is -2.11. The van der Waals surface area contributed by atoms with Crippen molar-refractivity contribution in [1.29, 1.82) is 0 Å². The van der Waals surface area contributed by atoms with E-state index in [9.17, 15) is 4.21 Å². The molecule has 0 fully saturated rings. The van der Waals surface area contributed by atoms with Gasteiger partial charge in [-0.15, -0.1) is 5.10 Å². The summed E-state index contributed by atoms with van der Waals surface area (Å²) in [5.41, 5.74) is 6.78. The van der Waals surface area contributed by atoms with Crippen LogP contribution in [0.4, 0.5) is 5.69 Å². The Hall–Kier alpha value is -1.18. The molecule has 2 atom stereocenters. The average Bonchev–Trinajstić information content (AvgIpc) is 2.81. The third-order valence-corrected chi connectivity index (χ3v) is 4.90. The summed E-state index contributed by atoms with van der Waals surface area (Å²) >= 11 is 12.2. The van der Waals surface area contributed by atoms with Crippen LogP contribution in [0.15, 0.2) is 12.1 Å². The summed E-state index contributed by atoms with van der Waals surface area (Å²) in [7, 11) is -0.974. The molecule has 0 bridgehead atoms. The zero-order valence-electron chi connectivity index (χ0n) is 10.9. The predicted molar refractivity (Wildman–Crippen MR) is 81.2 cm³/mol. The molecule has 0 radical (unpaired) electrons. The highest BCUT2D eigenvalue weighted by molar-refractivity contribution is 7.84. The third kappa shape index (κ3) is 3.11. The van der Waals surface area contributed by atoms with Crippen molar-refractivity contribution in [3.8, 4) is 11.4 Å². The fourth-order valence-electron chi connectivity index (χ4n) is 1.64. The van der Waals surface area contributed by atoms with E-state index in [-0.39, 0.29) is 5.25 Å². The molecule has 0 saturated carbocycles. The first kappa shape index (κ1) is 15.2. The van der Waals surface area contributed by atoms with Gasteiger partial charge in [0, 0.05) is 28.3 Å². The standard InChI is InChI=1S/C11H13Cl2N5OS/c1-6(20(2)19)5-18-11(15-16-17-18)8-3-7(14)4-9(12)10(8)13/h3-4,6H,5,14H2,1-2H3. The molecule has 6 nitrogen and oxygen atoms in total. The summed E-state index contributed by atoms with van der Waals surface area (Å²) in [6.45, 7) is 2.27.